The molecule has 0 bridgehead atoms. The summed E-state index contributed by atoms with van der Waals surface area (Å²) in [6, 6.07) is 0. The molecule has 0 rings (SSSR count). The van der Waals surface area contributed by atoms with Crippen LogP contribution in [-0.4, -0.2) is 37.2 Å². The molecule has 0 aromatic heterocycles. The maximum Gasteiger partial charge on any atom is 0.405 e. The lowest BCUT2D eigenvalue weighted by atomic mass is 10.4. The third kappa shape index (κ3) is 7.84. The quantitative estimate of drug-likeness (QED) is 0.529. The largest absolute Gasteiger partial charge is 0.466 e. The minimum absolute atomic E-state index is 0.243. The van der Waals surface area contributed by atoms with E-state index in [-0.39, 0.29) is 6.54 Å². The maximum absolute atomic E-state index is 12.0. The van der Waals surface area contributed by atoms with Gasteiger partial charge >= 0.3 is 12.1 Å². The first-order valence-electron chi connectivity index (χ1n) is 4.46. The van der Waals surface area contributed by atoms with Gasteiger partial charge in [0, 0.05) is 18.8 Å². The number of esters is 1. The Labute approximate surface area is 86.5 Å². The lowest BCUT2D eigenvalue weighted by molar-refractivity contribution is -0.141. The zero-order chi connectivity index (χ0) is 11.9. The lowest BCUT2D eigenvalue weighted by Gasteiger charge is -2.20. The average Bonchev–Trinajstić information content (AvgIpc) is 2.11. The summed E-state index contributed by atoms with van der Waals surface area (Å²) < 4.78 is 40.4. The molecule has 0 aliphatic carbocycles. The summed E-state index contributed by atoms with van der Waals surface area (Å²) in [7, 11) is 1.17. The summed E-state index contributed by atoms with van der Waals surface area (Å²) in [4.78, 5) is 11.7. The van der Waals surface area contributed by atoms with Crippen LogP contribution in [0.15, 0.2) is 12.3 Å². The van der Waals surface area contributed by atoms with Crippen LogP contribution >= 0.6 is 0 Å². The molecule has 0 aliphatic rings. The van der Waals surface area contributed by atoms with E-state index >= 15 is 0 Å². The fourth-order valence-corrected chi connectivity index (χ4v) is 0.958. The average molecular weight is 225 g/mol. The smallest absolute Gasteiger partial charge is 0.405 e. The minimum Gasteiger partial charge on any atom is -0.466 e. The highest BCUT2D eigenvalue weighted by Gasteiger charge is 2.29. The molecule has 0 amide bonds. The van der Waals surface area contributed by atoms with Crippen LogP contribution in [0.1, 0.15) is 13.3 Å². The Morgan fingerprint density at radius 1 is 1.47 bits per heavy atom. The summed E-state index contributed by atoms with van der Waals surface area (Å²) >= 11 is 0. The predicted molar refractivity (Wildman–Crippen MR) is 49.1 cm³/mol. The molecule has 6 heteroatoms. The molecule has 0 saturated carbocycles. The van der Waals surface area contributed by atoms with Crippen LogP contribution in [0.5, 0.6) is 0 Å². The van der Waals surface area contributed by atoms with Gasteiger partial charge in [0.05, 0.1) is 7.11 Å². The normalized spacial score (nSPS) is 11.8. The molecule has 0 heterocycles. The van der Waals surface area contributed by atoms with Gasteiger partial charge in [0.15, 0.2) is 0 Å². The van der Waals surface area contributed by atoms with Gasteiger partial charge < -0.3 is 9.64 Å². The molecule has 0 aromatic rings. The van der Waals surface area contributed by atoms with Gasteiger partial charge in [0.1, 0.15) is 6.54 Å². The van der Waals surface area contributed by atoms with E-state index in [4.69, 9.17) is 0 Å². The van der Waals surface area contributed by atoms with Crippen molar-refractivity contribution in [3.05, 3.63) is 12.3 Å². The van der Waals surface area contributed by atoms with E-state index in [1.165, 1.54) is 7.11 Å². The van der Waals surface area contributed by atoms with Gasteiger partial charge in [-0.05, 0) is 6.42 Å². The lowest BCUT2D eigenvalue weighted by Crippen LogP contribution is -2.31. The number of halogens is 3. The van der Waals surface area contributed by atoms with Crippen molar-refractivity contribution in [2.75, 3.05) is 20.2 Å². The van der Waals surface area contributed by atoms with E-state index < -0.39 is 18.7 Å². The fourth-order valence-electron chi connectivity index (χ4n) is 0.958. The van der Waals surface area contributed by atoms with E-state index in [2.05, 4.69) is 4.74 Å². The van der Waals surface area contributed by atoms with Crippen LogP contribution in [0.25, 0.3) is 0 Å². The van der Waals surface area contributed by atoms with E-state index in [9.17, 15) is 18.0 Å². The van der Waals surface area contributed by atoms with E-state index in [1.807, 2.05) is 0 Å². The van der Waals surface area contributed by atoms with Crippen molar-refractivity contribution in [2.24, 2.45) is 0 Å². The topological polar surface area (TPSA) is 29.5 Å². The second kappa shape index (κ2) is 6.31. The zero-order valence-electron chi connectivity index (χ0n) is 8.67. The Bertz CT molecular complexity index is 226. The highest BCUT2D eigenvalue weighted by atomic mass is 19.4. The highest BCUT2D eigenvalue weighted by Crippen LogP contribution is 2.16. The Balaban J connectivity index is 4.27. The number of hydrogen-bond acceptors (Lipinski definition) is 3. The molecule has 0 radical (unpaired) electrons. The number of nitrogens with zero attached hydrogens (tertiary/aromatic N) is 1. The van der Waals surface area contributed by atoms with Crippen molar-refractivity contribution in [3.8, 4) is 0 Å². The summed E-state index contributed by atoms with van der Waals surface area (Å²) in [5.41, 5.74) is 0. The third-order valence-corrected chi connectivity index (χ3v) is 1.52. The van der Waals surface area contributed by atoms with Crippen LogP contribution < -0.4 is 0 Å². The van der Waals surface area contributed by atoms with Crippen LogP contribution in [0, 0.1) is 0 Å². The molecule has 0 aromatic carbocycles. The van der Waals surface area contributed by atoms with Gasteiger partial charge in [-0.15, -0.1) is 0 Å². The van der Waals surface area contributed by atoms with Crippen LogP contribution in [-0.2, 0) is 9.53 Å². The standard InChI is InChI=1S/C9H14F3NO2/c1-3-5-13(7-9(10,11)12)6-4-8(14)15-2/h4,6H,3,5,7H2,1-2H3. The Morgan fingerprint density at radius 2 is 2.07 bits per heavy atom. The van der Waals surface area contributed by atoms with Crippen molar-refractivity contribution in [1.82, 2.24) is 4.90 Å². The molecule has 3 nitrogen and oxygen atoms in total. The predicted octanol–water partition coefficient (Wildman–Crippen LogP) is 1.95. The molecule has 0 fully saturated rings. The summed E-state index contributed by atoms with van der Waals surface area (Å²) in [6.07, 6.45) is -1.62. The van der Waals surface area contributed by atoms with Gasteiger partial charge in [-0.2, -0.15) is 13.2 Å². The zero-order valence-corrected chi connectivity index (χ0v) is 8.67. The Kier molecular flexibility index (Phi) is 5.81. The molecule has 0 spiro atoms. The Morgan fingerprint density at radius 3 is 2.47 bits per heavy atom. The summed E-state index contributed by atoms with van der Waals surface area (Å²) in [6.45, 7) is 0.941. The number of ether oxygens (including phenoxy) is 1. The van der Waals surface area contributed by atoms with Crippen LogP contribution in [0.4, 0.5) is 13.2 Å². The first-order valence-corrected chi connectivity index (χ1v) is 4.46. The van der Waals surface area contributed by atoms with Crippen molar-refractivity contribution < 1.29 is 22.7 Å². The number of alkyl halides is 3. The van der Waals surface area contributed by atoms with E-state index in [1.54, 1.807) is 6.92 Å². The van der Waals surface area contributed by atoms with Gasteiger partial charge in [-0.1, -0.05) is 6.92 Å². The van der Waals surface area contributed by atoms with Crippen molar-refractivity contribution >= 4 is 5.97 Å². The molecule has 88 valence electrons. The van der Waals surface area contributed by atoms with E-state index in [0.29, 0.717) is 6.42 Å². The monoisotopic (exact) mass is 225 g/mol. The molecular weight excluding hydrogens is 211 g/mol. The van der Waals surface area contributed by atoms with Crippen molar-refractivity contribution in [1.29, 1.82) is 0 Å². The second-order valence-corrected chi connectivity index (χ2v) is 2.92. The SMILES string of the molecule is CCCN(C=CC(=O)OC)CC(F)(F)F. The third-order valence-electron chi connectivity index (χ3n) is 1.52. The fraction of sp³-hybridized carbons (Fsp3) is 0.667. The van der Waals surface area contributed by atoms with Crippen LogP contribution in [0.2, 0.25) is 0 Å². The number of rotatable bonds is 5. The van der Waals surface area contributed by atoms with Crippen molar-refractivity contribution in [2.45, 2.75) is 19.5 Å². The van der Waals surface area contributed by atoms with Gasteiger partial charge in [-0.25, -0.2) is 4.79 Å². The minimum atomic E-state index is -4.27. The summed E-state index contributed by atoms with van der Waals surface area (Å²) in [5.74, 6) is -0.668. The molecule has 0 saturated heterocycles. The van der Waals surface area contributed by atoms with Gasteiger partial charge in [-0.3, -0.25) is 0 Å². The number of carbonyl (C=O) groups excluding carboxylic acids is 1. The first-order chi connectivity index (χ1) is 6.89. The molecular formula is C9H14F3NO2. The number of carbonyl (C=O) groups is 1. The molecule has 0 unspecified atom stereocenters. The number of hydrogen-bond donors (Lipinski definition) is 0. The first kappa shape index (κ1) is 13.8. The molecule has 0 aliphatic heterocycles. The second-order valence-electron chi connectivity index (χ2n) is 2.92. The molecule has 0 atom stereocenters. The molecule has 15 heavy (non-hydrogen) atoms. The van der Waals surface area contributed by atoms with Crippen LogP contribution in [0.3, 0.4) is 0 Å². The van der Waals surface area contributed by atoms with Gasteiger partial charge in [0.2, 0.25) is 0 Å². The maximum atomic E-state index is 12.0. The highest BCUT2D eigenvalue weighted by molar-refractivity contribution is 5.81. The van der Waals surface area contributed by atoms with Crippen molar-refractivity contribution in [3.63, 3.8) is 0 Å². The summed E-state index contributed by atoms with van der Waals surface area (Å²) in [5, 5.41) is 0. The van der Waals surface area contributed by atoms with Gasteiger partial charge in [0.25, 0.3) is 0 Å². The molecule has 0 N–H and O–H groups in total. The van der Waals surface area contributed by atoms with E-state index in [0.717, 1.165) is 17.2 Å². The Hall–Kier alpha value is -1.20. The number of methoxy groups -OCH3 is 1.